The number of halogens is 1. The third-order valence-electron chi connectivity index (χ3n) is 5.41. The lowest BCUT2D eigenvalue weighted by atomic mass is 10.1. The number of aliphatic imine (C=N–C) groups is 1. The van der Waals surface area contributed by atoms with Crippen LogP contribution in [0.1, 0.15) is 45.2 Å². The van der Waals surface area contributed by atoms with E-state index < -0.39 is 0 Å². The van der Waals surface area contributed by atoms with Crippen LogP contribution in [0.4, 0.5) is 5.82 Å². The average Bonchev–Trinajstić information content (AvgIpc) is 2.77. The Morgan fingerprint density at radius 3 is 2.47 bits per heavy atom. The largest absolute Gasteiger partial charge is 0.372 e. The number of nitrogens with zero attached hydrogens (tertiary/aromatic N) is 3. The Bertz CT molecular complexity index is 805. The fourth-order valence-corrected chi connectivity index (χ4v) is 3.89. The van der Waals surface area contributed by atoms with Crippen LogP contribution in [-0.2, 0) is 17.7 Å². The van der Waals surface area contributed by atoms with Gasteiger partial charge in [-0.15, -0.1) is 24.0 Å². The maximum absolute atomic E-state index is 5.82. The van der Waals surface area contributed by atoms with Crippen LogP contribution < -0.4 is 15.5 Å². The van der Waals surface area contributed by atoms with E-state index in [2.05, 4.69) is 90.7 Å². The summed E-state index contributed by atoms with van der Waals surface area (Å²) in [7, 11) is 0. The molecule has 7 heteroatoms. The van der Waals surface area contributed by atoms with Crippen molar-refractivity contribution >= 4 is 35.8 Å². The van der Waals surface area contributed by atoms with Crippen molar-refractivity contribution in [2.24, 2.45) is 4.99 Å². The number of rotatable bonds is 8. The second kappa shape index (κ2) is 13.6. The van der Waals surface area contributed by atoms with Crippen molar-refractivity contribution in [2.75, 3.05) is 24.5 Å². The summed E-state index contributed by atoms with van der Waals surface area (Å²) in [6.07, 6.45) is 4.51. The van der Waals surface area contributed by atoms with Gasteiger partial charge in [0.1, 0.15) is 5.82 Å². The van der Waals surface area contributed by atoms with E-state index >= 15 is 0 Å². The summed E-state index contributed by atoms with van der Waals surface area (Å²) in [5.74, 6) is 1.86. The normalized spacial score (nSPS) is 19.8. The summed E-state index contributed by atoms with van der Waals surface area (Å²) in [5.41, 5.74) is 2.47. The number of benzene rings is 1. The molecule has 3 atom stereocenters. The number of morpholine rings is 1. The molecule has 1 fully saturated rings. The zero-order valence-corrected chi connectivity index (χ0v) is 22.1. The number of aromatic nitrogens is 1. The molecule has 1 aliphatic rings. The lowest BCUT2D eigenvalue weighted by molar-refractivity contribution is -0.00545. The number of anilines is 1. The predicted octanol–water partition coefficient (Wildman–Crippen LogP) is 4.39. The lowest BCUT2D eigenvalue weighted by Crippen LogP contribution is -2.45. The van der Waals surface area contributed by atoms with Gasteiger partial charge in [0, 0.05) is 31.9 Å². The Balaban J connectivity index is 0.00000363. The maximum atomic E-state index is 5.82. The molecule has 2 heterocycles. The summed E-state index contributed by atoms with van der Waals surface area (Å²) >= 11 is 0. The van der Waals surface area contributed by atoms with E-state index in [4.69, 9.17) is 9.73 Å². The van der Waals surface area contributed by atoms with E-state index in [1.807, 2.05) is 6.20 Å². The third kappa shape index (κ3) is 8.58. The van der Waals surface area contributed by atoms with Crippen LogP contribution in [0, 0.1) is 0 Å². The monoisotopic (exact) mass is 551 g/mol. The molecule has 32 heavy (non-hydrogen) atoms. The molecule has 176 valence electrons. The summed E-state index contributed by atoms with van der Waals surface area (Å²) in [5, 5.41) is 6.88. The molecule has 0 saturated carbocycles. The number of ether oxygens (including phenoxy) is 1. The molecule has 1 saturated heterocycles. The predicted molar refractivity (Wildman–Crippen MR) is 144 cm³/mol. The topological polar surface area (TPSA) is 61.8 Å². The summed E-state index contributed by atoms with van der Waals surface area (Å²) in [4.78, 5) is 11.7. The molecule has 2 aromatic rings. The fraction of sp³-hybridized carbons (Fsp3) is 0.520. The van der Waals surface area contributed by atoms with Gasteiger partial charge in [-0.05, 0) is 57.7 Å². The zero-order chi connectivity index (χ0) is 22.1. The Morgan fingerprint density at radius 1 is 1.12 bits per heavy atom. The number of nitrogens with one attached hydrogen (secondary N) is 2. The van der Waals surface area contributed by atoms with Gasteiger partial charge >= 0.3 is 0 Å². The molecule has 1 aliphatic heterocycles. The van der Waals surface area contributed by atoms with Gasteiger partial charge in [-0.25, -0.2) is 9.98 Å². The summed E-state index contributed by atoms with van der Waals surface area (Å²) in [6.45, 7) is 11.7. The molecular formula is C25H38IN5O. The zero-order valence-electron chi connectivity index (χ0n) is 19.8. The highest BCUT2D eigenvalue weighted by molar-refractivity contribution is 14.0. The van der Waals surface area contributed by atoms with Gasteiger partial charge in [-0.2, -0.15) is 0 Å². The van der Waals surface area contributed by atoms with E-state index in [-0.39, 0.29) is 36.2 Å². The van der Waals surface area contributed by atoms with Crippen LogP contribution in [0.15, 0.2) is 53.7 Å². The van der Waals surface area contributed by atoms with E-state index in [1.54, 1.807) is 0 Å². The van der Waals surface area contributed by atoms with Crippen molar-refractivity contribution in [3.8, 4) is 0 Å². The van der Waals surface area contributed by atoms with Crippen LogP contribution in [0.2, 0.25) is 0 Å². The summed E-state index contributed by atoms with van der Waals surface area (Å²) in [6, 6.07) is 15.2. The van der Waals surface area contributed by atoms with Gasteiger partial charge in [0.15, 0.2) is 5.96 Å². The van der Waals surface area contributed by atoms with E-state index in [1.165, 1.54) is 5.56 Å². The Hall–Kier alpha value is -1.87. The number of hydrogen-bond acceptors (Lipinski definition) is 4. The molecule has 0 spiro atoms. The fourth-order valence-electron chi connectivity index (χ4n) is 3.89. The summed E-state index contributed by atoms with van der Waals surface area (Å²) < 4.78 is 5.82. The van der Waals surface area contributed by atoms with Gasteiger partial charge in [0.2, 0.25) is 0 Å². The van der Waals surface area contributed by atoms with Gasteiger partial charge in [0.25, 0.3) is 0 Å². The van der Waals surface area contributed by atoms with Crippen LogP contribution >= 0.6 is 24.0 Å². The second-order valence-electron chi connectivity index (χ2n) is 8.45. The Labute approximate surface area is 210 Å². The van der Waals surface area contributed by atoms with Gasteiger partial charge < -0.3 is 20.3 Å². The minimum atomic E-state index is 0. The highest BCUT2D eigenvalue weighted by atomic mass is 127. The minimum Gasteiger partial charge on any atom is -0.372 e. The molecule has 0 aliphatic carbocycles. The number of hydrogen-bond donors (Lipinski definition) is 2. The molecule has 2 N–H and O–H groups in total. The smallest absolute Gasteiger partial charge is 0.191 e. The number of pyridine rings is 1. The van der Waals surface area contributed by atoms with Crippen LogP contribution in [0.25, 0.3) is 0 Å². The standard InChI is InChI=1S/C25H37N5O.HI/c1-5-26-25(29-19(2)11-12-22-9-7-6-8-10-22)28-16-23-13-14-24(27-15-23)30-17-20(3)31-21(4)18-30;/h6-10,13-15,19-21H,5,11-12,16-18H2,1-4H3,(H2,26,28,29);1H. The molecule has 1 aromatic carbocycles. The van der Waals surface area contributed by atoms with Crippen LogP contribution in [-0.4, -0.2) is 48.8 Å². The Kier molecular flexibility index (Phi) is 11.2. The first-order chi connectivity index (χ1) is 15.0. The van der Waals surface area contributed by atoms with E-state index in [0.29, 0.717) is 12.6 Å². The highest BCUT2D eigenvalue weighted by Gasteiger charge is 2.22. The van der Waals surface area contributed by atoms with Crippen molar-refractivity contribution in [1.82, 2.24) is 15.6 Å². The van der Waals surface area contributed by atoms with Gasteiger partial charge in [-0.3, -0.25) is 0 Å². The molecule has 6 nitrogen and oxygen atoms in total. The molecule has 3 unspecified atom stereocenters. The quantitative estimate of drug-likeness (QED) is 0.290. The SMILES string of the molecule is CCNC(=NCc1ccc(N2CC(C)OC(C)C2)nc1)NC(C)CCc1ccccc1.I. The lowest BCUT2D eigenvalue weighted by Gasteiger charge is -2.36. The van der Waals surface area contributed by atoms with Crippen molar-refractivity contribution < 1.29 is 4.74 Å². The number of guanidine groups is 1. The van der Waals surface area contributed by atoms with Crippen LogP contribution in [0.5, 0.6) is 0 Å². The van der Waals surface area contributed by atoms with Crippen molar-refractivity contribution in [3.05, 3.63) is 59.8 Å². The van der Waals surface area contributed by atoms with Crippen molar-refractivity contribution in [3.63, 3.8) is 0 Å². The Morgan fingerprint density at radius 2 is 1.84 bits per heavy atom. The first-order valence-electron chi connectivity index (χ1n) is 11.5. The second-order valence-corrected chi connectivity index (χ2v) is 8.45. The first-order valence-corrected chi connectivity index (χ1v) is 11.5. The molecule has 0 amide bonds. The third-order valence-corrected chi connectivity index (χ3v) is 5.41. The van der Waals surface area contributed by atoms with Crippen LogP contribution in [0.3, 0.4) is 0 Å². The number of aryl methyl sites for hydroxylation is 1. The van der Waals surface area contributed by atoms with E-state index in [0.717, 1.165) is 49.8 Å². The van der Waals surface area contributed by atoms with Gasteiger partial charge in [-0.1, -0.05) is 36.4 Å². The maximum Gasteiger partial charge on any atom is 0.191 e. The average molecular weight is 552 g/mol. The first kappa shape index (κ1) is 26.4. The molecule has 3 rings (SSSR count). The molecule has 0 bridgehead atoms. The molecule has 1 aromatic heterocycles. The van der Waals surface area contributed by atoms with E-state index in [9.17, 15) is 0 Å². The van der Waals surface area contributed by atoms with Crippen molar-refractivity contribution in [2.45, 2.75) is 65.3 Å². The van der Waals surface area contributed by atoms with Gasteiger partial charge in [0.05, 0.1) is 18.8 Å². The minimum absolute atomic E-state index is 0. The molecule has 0 radical (unpaired) electrons. The highest BCUT2D eigenvalue weighted by Crippen LogP contribution is 2.18. The van der Waals surface area contributed by atoms with Crippen molar-refractivity contribution in [1.29, 1.82) is 0 Å². The molecular weight excluding hydrogens is 513 g/mol.